The summed E-state index contributed by atoms with van der Waals surface area (Å²) in [4.78, 5) is 10.3. The lowest BCUT2D eigenvalue weighted by Gasteiger charge is -2.19. The first kappa shape index (κ1) is 11.4. The van der Waals surface area contributed by atoms with Gasteiger partial charge in [-0.2, -0.15) is 8.42 Å². The molecule has 0 amide bonds. The van der Waals surface area contributed by atoms with Gasteiger partial charge >= 0.3 is 5.97 Å². The Bertz CT molecular complexity index is 264. The van der Waals surface area contributed by atoms with Crippen molar-refractivity contribution in [2.45, 2.75) is 25.5 Å². The molecule has 0 saturated heterocycles. The van der Waals surface area contributed by atoms with Gasteiger partial charge < -0.3 is 4.74 Å². The van der Waals surface area contributed by atoms with Crippen LogP contribution < -0.4 is 0 Å². The Morgan fingerprint density at radius 3 is 2.17 bits per heavy atom. The van der Waals surface area contributed by atoms with Crippen molar-refractivity contribution in [1.29, 1.82) is 0 Å². The smallest absolute Gasteiger partial charge is 0.302 e. The van der Waals surface area contributed by atoms with E-state index >= 15 is 0 Å². The Hall–Kier alpha value is -0.620. The fraction of sp³-hybridized carbons (Fsp3) is 0.833. The molecule has 72 valence electrons. The SMILES string of the molecule is CC(=O)OCC(C)(C)S(=O)(=O)O. The van der Waals surface area contributed by atoms with E-state index in [1.165, 1.54) is 20.8 Å². The highest BCUT2D eigenvalue weighted by molar-refractivity contribution is 7.87. The van der Waals surface area contributed by atoms with Crippen molar-refractivity contribution < 1.29 is 22.5 Å². The van der Waals surface area contributed by atoms with Gasteiger partial charge in [0.05, 0.1) is 0 Å². The molecule has 0 aliphatic carbocycles. The largest absolute Gasteiger partial charge is 0.464 e. The van der Waals surface area contributed by atoms with Crippen LogP contribution in [0.4, 0.5) is 0 Å². The highest BCUT2D eigenvalue weighted by Crippen LogP contribution is 2.14. The van der Waals surface area contributed by atoms with E-state index in [1.54, 1.807) is 0 Å². The third-order valence-corrected chi connectivity index (χ3v) is 2.84. The molecule has 0 fully saturated rings. The lowest BCUT2D eigenvalue weighted by molar-refractivity contribution is -0.141. The first-order chi connectivity index (χ1) is 5.17. The lowest BCUT2D eigenvalue weighted by Crippen LogP contribution is -2.37. The summed E-state index contributed by atoms with van der Waals surface area (Å²) in [5.41, 5.74) is 0. The zero-order valence-electron chi connectivity index (χ0n) is 7.20. The molecular weight excluding hydrogens is 184 g/mol. The van der Waals surface area contributed by atoms with Gasteiger partial charge in [-0.3, -0.25) is 9.35 Å². The number of rotatable bonds is 3. The molecule has 0 radical (unpaired) electrons. The van der Waals surface area contributed by atoms with Gasteiger partial charge in [0.15, 0.2) is 0 Å². The predicted octanol–water partition coefficient (Wildman–Crippen LogP) is 0.216. The van der Waals surface area contributed by atoms with Crippen LogP contribution in [0.25, 0.3) is 0 Å². The van der Waals surface area contributed by atoms with Crippen LogP contribution in [-0.4, -0.2) is 30.3 Å². The molecule has 5 nitrogen and oxygen atoms in total. The monoisotopic (exact) mass is 196 g/mol. The fourth-order valence-electron chi connectivity index (χ4n) is 0.350. The molecule has 0 rings (SSSR count). The van der Waals surface area contributed by atoms with Crippen LogP contribution >= 0.6 is 0 Å². The van der Waals surface area contributed by atoms with E-state index in [4.69, 9.17) is 4.55 Å². The molecule has 1 N–H and O–H groups in total. The van der Waals surface area contributed by atoms with Gasteiger partial charge in [0, 0.05) is 6.92 Å². The normalized spacial score (nSPS) is 12.7. The highest BCUT2D eigenvalue weighted by Gasteiger charge is 2.33. The summed E-state index contributed by atoms with van der Waals surface area (Å²) in [5, 5.41) is 0. The molecule has 0 aromatic rings. The molecule has 0 unspecified atom stereocenters. The van der Waals surface area contributed by atoms with Crippen LogP contribution in [0.5, 0.6) is 0 Å². The molecule has 0 spiro atoms. The number of esters is 1. The van der Waals surface area contributed by atoms with Crippen molar-refractivity contribution in [3.63, 3.8) is 0 Å². The van der Waals surface area contributed by atoms with Gasteiger partial charge in [0.2, 0.25) is 0 Å². The van der Waals surface area contributed by atoms with Gasteiger partial charge in [-0.05, 0) is 13.8 Å². The standard InChI is InChI=1S/C6H12O5S/c1-5(7)11-4-6(2,3)12(8,9)10/h4H2,1-3H3,(H,8,9,10). The van der Waals surface area contributed by atoms with Crippen molar-refractivity contribution in [2.24, 2.45) is 0 Å². The molecular formula is C6H12O5S. The second-order valence-electron chi connectivity index (χ2n) is 3.02. The van der Waals surface area contributed by atoms with Crippen LogP contribution in [0.3, 0.4) is 0 Å². The molecule has 0 aliphatic heterocycles. The third kappa shape index (κ3) is 3.19. The second-order valence-corrected chi connectivity index (χ2v) is 5.07. The minimum absolute atomic E-state index is 0.346. The van der Waals surface area contributed by atoms with Crippen LogP contribution in [0.2, 0.25) is 0 Å². The summed E-state index contributed by atoms with van der Waals surface area (Å²) in [6, 6.07) is 0. The van der Waals surface area contributed by atoms with Crippen molar-refractivity contribution in [3.8, 4) is 0 Å². The Balaban J connectivity index is 4.35. The Labute approximate surface area is 71.5 Å². The summed E-state index contributed by atoms with van der Waals surface area (Å²) in [7, 11) is -4.18. The summed E-state index contributed by atoms with van der Waals surface area (Å²) in [6.45, 7) is 3.36. The Kier molecular flexibility index (Phi) is 3.23. The summed E-state index contributed by atoms with van der Waals surface area (Å²) in [6.07, 6.45) is 0. The van der Waals surface area contributed by atoms with E-state index < -0.39 is 20.8 Å². The number of carbonyl (C=O) groups excluding carboxylic acids is 1. The van der Waals surface area contributed by atoms with E-state index in [0.29, 0.717) is 0 Å². The lowest BCUT2D eigenvalue weighted by atomic mass is 10.2. The zero-order valence-corrected chi connectivity index (χ0v) is 8.01. The maximum absolute atomic E-state index is 10.6. The molecule has 0 bridgehead atoms. The Morgan fingerprint density at radius 1 is 1.50 bits per heavy atom. The second kappa shape index (κ2) is 3.40. The van der Waals surface area contributed by atoms with Gasteiger partial charge in [-0.1, -0.05) is 0 Å². The zero-order chi connectivity index (χ0) is 9.99. The first-order valence-corrected chi connectivity index (χ1v) is 4.71. The predicted molar refractivity (Wildman–Crippen MR) is 42.3 cm³/mol. The number of hydrogen-bond acceptors (Lipinski definition) is 4. The molecule has 12 heavy (non-hydrogen) atoms. The molecule has 0 aromatic carbocycles. The minimum atomic E-state index is -4.18. The van der Waals surface area contributed by atoms with Gasteiger partial charge in [-0.15, -0.1) is 0 Å². The number of hydrogen-bond donors (Lipinski definition) is 1. The first-order valence-electron chi connectivity index (χ1n) is 3.27. The fourth-order valence-corrected chi connectivity index (χ4v) is 0.558. The van der Waals surface area contributed by atoms with Gasteiger partial charge in [-0.25, -0.2) is 0 Å². The molecule has 6 heteroatoms. The third-order valence-electron chi connectivity index (χ3n) is 1.32. The van der Waals surface area contributed by atoms with E-state index in [-0.39, 0.29) is 6.61 Å². The van der Waals surface area contributed by atoms with Crippen LogP contribution in [-0.2, 0) is 19.6 Å². The van der Waals surface area contributed by atoms with E-state index in [9.17, 15) is 13.2 Å². The van der Waals surface area contributed by atoms with Gasteiger partial charge in [0.25, 0.3) is 10.1 Å². The topological polar surface area (TPSA) is 80.7 Å². The summed E-state index contributed by atoms with van der Waals surface area (Å²) < 4.78 is 32.9. The molecule has 0 heterocycles. The molecule has 0 aromatic heterocycles. The average molecular weight is 196 g/mol. The highest BCUT2D eigenvalue weighted by atomic mass is 32.2. The van der Waals surface area contributed by atoms with E-state index in [1.807, 2.05) is 0 Å². The molecule has 0 atom stereocenters. The van der Waals surface area contributed by atoms with Gasteiger partial charge in [0.1, 0.15) is 11.4 Å². The average Bonchev–Trinajstić information content (AvgIpc) is 1.81. The number of carbonyl (C=O) groups is 1. The van der Waals surface area contributed by atoms with Crippen LogP contribution in [0.15, 0.2) is 0 Å². The van der Waals surface area contributed by atoms with Crippen molar-refractivity contribution in [3.05, 3.63) is 0 Å². The summed E-state index contributed by atoms with van der Waals surface area (Å²) >= 11 is 0. The summed E-state index contributed by atoms with van der Waals surface area (Å²) in [5.74, 6) is -0.577. The molecule has 0 saturated carbocycles. The van der Waals surface area contributed by atoms with Crippen molar-refractivity contribution in [2.75, 3.05) is 6.61 Å². The minimum Gasteiger partial charge on any atom is -0.464 e. The van der Waals surface area contributed by atoms with Crippen molar-refractivity contribution in [1.82, 2.24) is 0 Å². The quantitative estimate of drug-likeness (QED) is 0.515. The van der Waals surface area contributed by atoms with Crippen molar-refractivity contribution >= 4 is 16.1 Å². The van der Waals surface area contributed by atoms with Crippen LogP contribution in [0, 0.1) is 0 Å². The van der Waals surface area contributed by atoms with E-state index in [0.717, 1.165) is 0 Å². The van der Waals surface area contributed by atoms with Crippen LogP contribution in [0.1, 0.15) is 20.8 Å². The maximum atomic E-state index is 10.6. The Morgan fingerprint density at radius 2 is 1.92 bits per heavy atom. The number of ether oxygens (including phenoxy) is 1. The molecule has 0 aliphatic rings. The maximum Gasteiger partial charge on any atom is 0.302 e. The van der Waals surface area contributed by atoms with E-state index in [2.05, 4.69) is 4.74 Å².